The molecule has 3 aromatic rings. The number of nitrogens with zero attached hydrogens (tertiary/aromatic N) is 3. The molecular weight excluding hydrogens is 369 g/mol. The molecule has 0 bridgehead atoms. The highest BCUT2D eigenvalue weighted by molar-refractivity contribution is 5.71. The summed E-state index contributed by atoms with van der Waals surface area (Å²) in [5.41, 5.74) is 1.80. The molecule has 29 heavy (non-hydrogen) atoms. The molecule has 0 aliphatic heterocycles. The minimum atomic E-state index is -0.554. The third kappa shape index (κ3) is 3.77. The van der Waals surface area contributed by atoms with E-state index in [1.54, 1.807) is 35.2 Å². The minimum absolute atomic E-state index is 0.0404. The third-order valence-corrected chi connectivity index (χ3v) is 5.29. The van der Waals surface area contributed by atoms with Gasteiger partial charge in [0.1, 0.15) is 28.9 Å². The molecule has 0 radical (unpaired) electrons. The Hall–Kier alpha value is -3.46. The van der Waals surface area contributed by atoms with E-state index >= 15 is 0 Å². The van der Waals surface area contributed by atoms with Crippen molar-refractivity contribution in [2.45, 2.75) is 33.2 Å². The predicted molar refractivity (Wildman–Crippen MR) is 107 cm³/mol. The zero-order valence-corrected chi connectivity index (χ0v) is 16.3. The molecular formula is C23H20FN3O2. The first kappa shape index (κ1) is 18.9. The second-order valence-corrected chi connectivity index (χ2v) is 7.38. The fourth-order valence-electron chi connectivity index (χ4n) is 3.26. The Morgan fingerprint density at radius 3 is 2.72 bits per heavy atom. The first-order valence-corrected chi connectivity index (χ1v) is 9.51. The maximum absolute atomic E-state index is 14.9. The van der Waals surface area contributed by atoms with Crippen molar-refractivity contribution in [2.24, 2.45) is 5.92 Å². The van der Waals surface area contributed by atoms with E-state index in [1.807, 2.05) is 19.9 Å². The van der Waals surface area contributed by atoms with Crippen molar-refractivity contribution in [3.63, 3.8) is 0 Å². The molecule has 2 heterocycles. The smallest absolute Gasteiger partial charge is 0.269 e. The number of aryl methyl sites for hydroxylation is 1. The van der Waals surface area contributed by atoms with Gasteiger partial charge in [-0.3, -0.25) is 9.78 Å². The van der Waals surface area contributed by atoms with E-state index in [2.05, 4.69) is 4.98 Å². The minimum Gasteiger partial charge on any atom is -0.457 e. The largest absolute Gasteiger partial charge is 0.457 e. The van der Waals surface area contributed by atoms with Gasteiger partial charge in [0.15, 0.2) is 0 Å². The Labute approximate surface area is 168 Å². The summed E-state index contributed by atoms with van der Waals surface area (Å²) >= 11 is 0. The lowest BCUT2D eigenvalue weighted by molar-refractivity contribution is 0.472. The summed E-state index contributed by atoms with van der Waals surface area (Å²) in [5, 5.41) is 9.52. The summed E-state index contributed by atoms with van der Waals surface area (Å²) in [7, 11) is 0. The van der Waals surface area contributed by atoms with Crippen molar-refractivity contribution in [2.75, 3.05) is 0 Å². The molecule has 0 amide bonds. The highest BCUT2D eigenvalue weighted by atomic mass is 19.1. The van der Waals surface area contributed by atoms with Gasteiger partial charge >= 0.3 is 0 Å². The van der Waals surface area contributed by atoms with Crippen LogP contribution in [0.5, 0.6) is 11.5 Å². The Bertz CT molecular complexity index is 1190. The lowest BCUT2D eigenvalue weighted by Gasteiger charge is -2.12. The van der Waals surface area contributed by atoms with Gasteiger partial charge in [0.25, 0.3) is 5.56 Å². The highest BCUT2D eigenvalue weighted by Crippen LogP contribution is 2.32. The molecule has 1 fully saturated rings. The van der Waals surface area contributed by atoms with Crippen LogP contribution in [0.15, 0.2) is 47.5 Å². The van der Waals surface area contributed by atoms with Crippen molar-refractivity contribution in [3.8, 4) is 28.7 Å². The highest BCUT2D eigenvalue weighted by Gasteiger charge is 2.23. The van der Waals surface area contributed by atoms with Gasteiger partial charge in [0.2, 0.25) is 0 Å². The number of hydrogen-bond acceptors (Lipinski definition) is 4. The van der Waals surface area contributed by atoms with Crippen molar-refractivity contribution in [3.05, 3.63) is 75.7 Å². The molecule has 0 unspecified atom stereocenters. The monoisotopic (exact) mass is 389 g/mol. The molecule has 1 aliphatic rings. The average Bonchev–Trinajstić information content (AvgIpc) is 3.51. The topological polar surface area (TPSA) is 67.9 Å². The van der Waals surface area contributed by atoms with Crippen LogP contribution < -0.4 is 10.3 Å². The van der Waals surface area contributed by atoms with E-state index in [-0.39, 0.29) is 16.7 Å². The van der Waals surface area contributed by atoms with Crippen molar-refractivity contribution < 1.29 is 9.13 Å². The average molecular weight is 389 g/mol. The molecule has 0 spiro atoms. The van der Waals surface area contributed by atoms with Crippen LogP contribution in [-0.4, -0.2) is 9.55 Å². The second kappa shape index (κ2) is 7.51. The molecule has 0 saturated heterocycles. The Morgan fingerprint density at radius 2 is 2.03 bits per heavy atom. The fourth-order valence-corrected chi connectivity index (χ4v) is 3.26. The summed E-state index contributed by atoms with van der Waals surface area (Å²) < 4.78 is 22.2. The summed E-state index contributed by atoms with van der Waals surface area (Å²) in [4.78, 5) is 16.8. The maximum Gasteiger partial charge on any atom is 0.269 e. The van der Waals surface area contributed by atoms with Gasteiger partial charge in [-0.15, -0.1) is 0 Å². The van der Waals surface area contributed by atoms with E-state index in [4.69, 9.17) is 4.74 Å². The Morgan fingerprint density at radius 1 is 1.24 bits per heavy atom. The number of rotatable bonds is 5. The van der Waals surface area contributed by atoms with Crippen molar-refractivity contribution >= 4 is 0 Å². The predicted octanol–water partition coefficient (Wildman–Crippen LogP) is 4.74. The van der Waals surface area contributed by atoms with Gasteiger partial charge in [-0.2, -0.15) is 5.26 Å². The van der Waals surface area contributed by atoms with Crippen molar-refractivity contribution in [1.82, 2.24) is 9.55 Å². The molecule has 0 atom stereocenters. The number of nitriles is 1. The van der Waals surface area contributed by atoms with Gasteiger partial charge in [-0.05, 0) is 56.9 Å². The number of hydrogen-bond donors (Lipinski definition) is 0. The lowest BCUT2D eigenvalue weighted by atomic mass is 10.0. The lowest BCUT2D eigenvalue weighted by Crippen LogP contribution is -2.23. The van der Waals surface area contributed by atoms with E-state index in [0.29, 0.717) is 29.5 Å². The van der Waals surface area contributed by atoms with Crippen molar-refractivity contribution in [1.29, 1.82) is 5.26 Å². The molecule has 1 saturated carbocycles. The number of ether oxygens (including phenoxy) is 1. The molecule has 2 aromatic heterocycles. The summed E-state index contributed by atoms with van der Waals surface area (Å²) in [6, 6.07) is 9.75. The third-order valence-electron chi connectivity index (χ3n) is 5.29. The van der Waals surface area contributed by atoms with E-state index in [0.717, 1.165) is 24.1 Å². The summed E-state index contributed by atoms with van der Waals surface area (Å²) in [5.74, 6) is 0.880. The summed E-state index contributed by atoms with van der Waals surface area (Å²) in [6.07, 6.45) is 5.48. The quantitative estimate of drug-likeness (QED) is 0.632. The number of halogens is 1. The first-order chi connectivity index (χ1) is 14.0. The number of benzene rings is 1. The van der Waals surface area contributed by atoms with Gasteiger partial charge in [0.05, 0.1) is 0 Å². The summed E-state index contributed by atoms with van der Waals surface area (Å²) in [6.45, 7) is 4.37. The van der Waals surface area contributed by atoms with Crippen LogP contribution in [0.4, 0.5) is 4.39 Å². The van der Waals surface area contributed by atoms with Crippen LogP contribution in [0.25, 0.3) is 11.1 Å². The zero-order valence-electron chi connectivity index (χ0n) is 16.3. The molecule has 6 heteroatoms. The number of aromatic nitrogens is 2. The van der Waals surface area contributed by atoms with E-state index in [1.165, 1.54) is 12.1 Å². The SMILES string of the molecule is Cc1nccc(Oc2ccc(-c3ccn(CC4CC4)c(=O)c3C#N)c(F)c2)c1C. The zero-order chi connectivity index (χ0) is 20.5. The first-order valence-electron chi connectivity index (χ1n) is 9.51. The normalized spacial score (nSPS) is 13.2. The Balaban J connectivity index is 1.68. The van der Waals surface area contributed by atoms with E-state index < -0.39 is 5.82 Å². The number of pyridine rings is 2. The van der Waals surface area contributed by atoms with Crippen LogP contribution in [0, 0.1) is 36.9 Å². The maximum atomic E-state index is 14.9. The van der Waals surface area contributed by atoms with Gasteiger partial charge < -0.3 is 9.30 Å². The van der Waals surface area contributed by atoms with E-state index in [9.17, 15) is 14.4 Å². The standard InChI is InChI=1S/C23H20FN3O2/c1-14-15(2)26-9-7-22(14)29-17-5-6-19(21(24)11-17)18-8-10-27(13-16-3-4-16)23(28)20(18)12-25/h5-11,16H,3-4,13H2,1-2H3. The molecule has 5 nitrogen and oxygen atoms in total. The Kier molecular flexibility index (Phi) is 4.89. The molecule has 4 rings (SSSR count). The molecule has 1 aliphatic carbocycles. The molecule has 0 N–H and O–H groups in total. The van der Waals surface area contributed by atoms with Crippen LogP contribution in [0.2, 0.25) is 0 Å². The molecule has 1 aromatic carbocycles. The van der Waals surface area contributed by atoms with Crippen LogP contribution in [-0.2, 0) is 6.54 Å². The second-order valence-electron chi connectivity index (χ2n) is 7.38. The fraction of sp³-hybridized carbons (Fsp3) is 0.261. The van der Waals surface area contributed by atoms with Crippen LogP contribution >= 0.6 is 0 Å². The van der Waals surface area contributed by atoms with Gasteiger partial charge in [-0.1, -0.05) is 0 Å². The van der Waals surface area contributed by atoms with Crippen LogP contribution in [0.1, 0.15) is 29.7 Å². The molecule has 146 valence electrons. The van der Waals surface area contributed by atoms with Crippen LogP contribution in [0.3, 0.4) is 0 Å². The van der Waals surface area contributed by atoms with Gasteiger partial charge in [-0.25, -0.2) is 4.39 Å². The van der Waals surface area contributed by atoms with Gasteiger partial charge in [0, 0.05) is 47.4 Å².